The lowest BCUT2D eigenvalue weighted by molar-refractivity contribution is 1.36. The van der Waals surface area contributed by atoms with Crippen LogP contribution in [0, 0.1) is 0 Å². The van der Waals surface area contributed by atoms with Crippen molar-refractivity contribution < 1.29 is 0 Å². The van der Waals surface area contributed by atoms with Gasteiger partial charge in [-0.1, -0.05) is 60.7 Å². The van der Waals surface area contributed by atoms with Crippen LogP contribution in [-0.2, 0) is 0 Å². The Morgan fingerprint density at radius 3 is 2.36 bits per heavy atom. The summed E-state index contributed by atoms with van der Waals surface area (Å²) in [4.78, 5) is 8.88. The van der Waals surface area contributed by atoms with Gasteiger partial charge in [-0.3, -0.25) is 9.97 Å². The van der Waals surface area contributed by atoms with Crippen LogP contribution in [-0.4, -0.2) is 9.97 Å². The van der Waals surface area contributed by atoms with Crippen LogP contribution in [0.25, 0.3) is 34.0 Å². The van der Waals surface area contributed by atoms with Gasteiger partial charge in [0, 0.05) is 17.0 Å². The van der Waals surface area contributed by atoms with Crippen LogP contribution in [0.4, 0.5) is 0 Å². The van der Waals surface area contributed by atoms with Crippen molar-refractivity contribution in [3.63, 3.8) is 0 Å². The first-order chi connectivity index (χ1) is 10.9. The summed E-state index contributed by atoms with van der Waals surface area (Å²) < 4.78 is 0. The van der Waals surface area contributed by atoms with Crippen molar-refractivity contribution in [2.24, 2.45) is 0 Å². The molecule has 0 aliphatic carbocycles. The highest BCUT2D eigenvalue weighted by Crippen LogP contribution is 2.23. The maximum atomic E-state index is 4.53. The van der Waals surface area contributed by atoms with E-state index in [1.54, 1.807) is 6.20 Å². The Morgan fingerprint density at radius 2 is 1.45 bits per heavy atom. The molecule has 0 aliphatic heterocycles. The molecule has 0 aliphatic rings. The predicted molar refractivity (Wildman–Crippen MR) is 92.4 cm³/mol. The monoisotopic (exact) mass is 282 g/mol. The minimum atomic E-state index is 0.933. The zero-order valence-corrected chi connectivity index (χ0v) is 12.0. The Labute approximate surface area is 128 Å². The van der Waals surface area contributed by atoms with Crippen molar-refractivity contribution in [2.45, 2.75) is 0 Å². The van der Waals surface area contributed by atoms with Gasteiger partial charge in [0.1, 0.15) is 0 Å². The second-order valence-electron chi connectivity index (χ2n) is 5.22. The number of fused-ring (bicyclic) bond motifs is 3. The molecule has 2 nitrogen and oxygen atoms in total. The Morgan fingerprint density at radius 1 is 0.636 bits per heavy atom. The number of benzene rings is 2. The molecule has 0 saturated carbocycles. The van der Waals surface area contributed by atoms with Gasteiger partial charge in [0.15, 0.2) is 0 Å². The van der Waals surface area contributed by atoms with Crippen molar-refractivity contribution in [1.29, 1.82) is 0 Å². The number of nitrogens with zero attached hydrogens (tertiary/aromatic N) is 2. The van der Waals surface area contributed by atoms with Crippen LogP contribution in [0.5, 0.6) is 0 Å². The minimum absolute atomic E-state index is 0.933. The average molecular weight is 282 g/mol. The number of aromatic nitrogens is 2. The highest BCUT2D eigenvalue weighted by atomic mass is 14.7. The van der Waals surface area contributed by atoms with Crippen molar-refractivity contribution >= 4 is 34.0 Å². The molecule has 0 spiro atoms. The first-order valence-corrected chi connectivity index (χ1v) is 7.27. The van der Waals surface area contributed by atoms with E-state index in [0.717, 1.165) is 27.4 Å². The molecular formula is C20H14N2. The van der Waals surface area contributed by atoms with Gasteiger partial charge in [0.25, 0.3) is 0 Å². The molecule has 4 rings (SSSR count). The van der Waals surface area contributed by atoms with Gasteiger partial charge in [-0.15, -0.1) is 0 Å². The van der Waals surface area contributed by atoms with E-state index < -0.39 is 0 Å². The van der Waals surface area contributed by atoms with E-state index in [1.807, 2.05) is 30.5 Å². The Balaban J connectivity index is 1.78. The summed E-state index contributed by atoms with van der Waals surface area (Å²) in [6.45, 7) is 0. The van der Waals surface area contributed by atoms with E-state index in [4.69, 9.17) is 0 Å². The van der Waals surface area contributed by atoms with Crippen molar-refractivity contribution in [3.05, 3.63) is 84.2 Å². The fraction of sp³-hybridized carbons (Fsp3) is 0. The molecule has 22 heavy (non-hydrogen) atoms. The topological polar surface area (TPSA) is 25.8 Å². The molecule has 4 aromatic rings. The molecule has 104 valence electrons. The van der Waals surface area contributed by atoms with Crippen LogP contribution < -0.4 is 0 Å². The van der Waals surface area contributed by atoms with E-state index in [0.29, 0.717) is 0 Å². The van der Waals surface area contributed by atoms with Gasteiger partial charge in [-0.05, 0) is 23.3 Å². The lowest BCUT2D eigenvalue weighted by Gasteiger charge is -2.03. The van der Waals surface area contributed by atoms with Crippen LogP contribution >= 0.6 is 0 Å². The molecule has 0 amide bonds. The van der Waals surface area contributed by atoms with Gasteiger partial charge in [-0.2, -0.15) is 0 Å². The van der Waals surface area contributed by atoms with Crippen molar-refractivity contribution in [1.82, 2.24) is 9.97 Å². The molecule has 2 heteroatoms. The van der Waals surface area contributed by atoms with E-state index >= 15 is 0 Å². The normalized spacial score (nSPS) is 11.5. The molecule has 0 bridgehead atoms. The lowest BCUT2D eigenvalue weighted by Crippen LogP contribution is -1.85. The zero-order chi connectivity index (χ0) is 14.8. The summed E-state index contributed by atoms with van der Waals surface area (Å²) in [6, 6.07) is 20.7. The molecule has 0 saturated heterocycles. The van der Waals surface area contributed by atoms with Gasteiger partial charge in [0.2, 0.25) is 0 Å². The summed E-state index contributed by atoms with van der Waals surface area (Å²) in [5.74, 6) is 0. The summed E-state index contributed by atoms with van der Waals surface area (Å²) in [7, 11) is 0. The number of pyridine rings is 2. The molecule has 0 radical (unpaired) electrons. The smallest absolute Gasteiger partial charge is 0.0891 e. The molecule has 0 fully saturated rings. The second-order valence-corrected chi connectivity index (χ2v) is 5.22. The van der Waals surface area contributed by atoms with E-state index in [9.17, 15) is 0 Å². The second kappa shape index (κ2) is 5.41. The standard InChI is InChI=1S/C20H14N2/c1-2-5-15(6-3-1)8-9-16-10-11-18-17-7-4-12-21-20(17)14-22-19(18)13-16/h1-14H/b9-8+. The summed E-state index contributed by atoms with van der Waals surface area (Å²) in [6.07, 6.45) is 7.86. The number of hydrogen-bond acceptors (Lipinski definition) is 2. The molecular weight excluding hydrogens is 268 g/mol. The van der Waals surface area contributed by atoms with E-state index in [-0.39, 0.29) is 0 Å². The third-order valence-electron chi connectivity index (χ3n) is 3.74. The Kier molecular flexibility index (Phi) is 3.13. The molecule has 0 N–H and O–H groups in total. The predicted octanol–water partition coefficient (Wildman–Crippen LogP) is 4.95. The van der Waals surface area contributed by atoms with Gasteiger partial charge in [0.05, 0.1) is 17.2 Å². The number of hydrogen-bond donors (Lipinski definition) is 0. The molecule has 2 aromatic heterocycles. The van der Waals surface area contributed by atoms with Crippen LogP contribution in [0.3, 0.4) is 0 Å². The van der Waals surface area contributed by atoms with Gasteiger partial charge < -0.3 is 0 Å². The zero-order valence-electron chi connectivity index (χ0n) is 12.0. The SMILES string of the molecule is C(=C\c1ccc2c(c1)ncc1ncccc12)/c1ccccc1. The summed E-state index contributed by atoms with van der Waals surface area (Å²) >= 11 is 0. The molecule has 0 unspecified atom stereocenters. The Hall–Kier alpha value is -3.00. The van der Waals surface area contributed by atoms with E-state index in [1.165, 1.54) is 5.56 Å². The largest absolute Gasteiger partial charge is 0.255 e. The summed E-state index contributed by atoms with van der Waals surface area (Å²) in [5, 5.41) is 2.29. The van der Waals surface area contributed by atoms with Gasteiger partial charge >= 0.3 is 0 Å². The number of rotatable bonds is 2. The Bertz CT molecular complexity index is 972. The minimum Gasteiger partial charge on any atom is -0.255 e. The first kappa shape index (κ1) is 12.7. The van der Waals surface area contributed by atoms with E-state index in [2.05, 4.69) is 58.5 Å². The van der Waals surface area contributed by atoms with Crippen molar-refractivity contribution in [2.75, 3.05) is 0 Å². The molecule has 0 atom stereocenters. The van der Waals surface area contributed by atoms with Crippen LogP contribution in [0.1, 0.15) is 11.1 Å². The van der Waals surface area contributed by atoms with Crippen molar-refractivity contribution in [3.8, 4) is 0 Å². The third kappa shape index (κ3) is 2.35. The maximum Gasteiger partial charge on any atom is 0.0891 e. The third-order valence-corrected chi connectivity index (χ3v) is 3.74. The lowest BCUT2D eigenvalue weighted by atomic mass is 10.1. The fourth-order valence-corrected chi connectivity index (χ4v) is 2.62. The maximum absolute atomic E-state index is 4.53. The highest BCUT2D eigenvalue weighted by molar-refractivity contribution is 6.04. The van der Waals surface area contributed by atoms with Gasteiger partial charge in [-0.25, -0.2) is 0 Å². The molecule has 2 aromatic carbocycles. The van der Waals surface area contributed by atoms with Crippen LogP contribution in [0.15, 0.2) is 73.1 Å². The van der Waals surface area contributed by atoms with Crippen LogP contribution in [0.2, 0.25) is 0 Å². The first-order valence-electron chi connectivity index (χ1n) is 7.27. The summed E-state index contributed by atoms with van der Waals surface area (Å²) in [5.41, 5.74) is 4.27. The quantitative estimate of drug-likeness (QED) is 0.384. The molecule has 2 heterocycles. The highest BCUT2D eigenvalue weighted by Gasteiger charge is 2.02. The average Bonchev–Trinajstić information content (AvgIpc) is 2.60. The fourth-order valence-electron chi connectivity index (χ4n) is 2.62.